The highest BCUT2D eigenvalue weighted by molar-refractivity contribution is 7.89. The van der Waals surface area contributed by atoms with Crippen molar-refractivity contribution in [3.8, 4) is 12.3 Å². The lowest BCUT2D eigenvalue weighted by Gasteiger charge is -2.19. The minimum absolute atomic E-state index is 0.00475. The maximum Gasteiger partial charge on any atom is 0.246 e. The van der Waals surface area contributed by atoms with E-state index < -0.39 is 10.0 Å². The van der Waals surface area contributed by atoms with E-state index in [0.29, 0.717) is 5.02 Å². The second-order valence-corrected chi connectivity index (χ2v) is 5.66. The molecule has 1 aromatic carbocycles. The number of sulfonamides is 1. The van der Waals surface area contributed by atoms with Crippen LogP contribution < -0.4 is 5.73 Å². The van der Waals surface area contributed by atoms with Crippen molar-refractivity contribution in [3.63, 3.8) is 0 Å². The van der Waals surface area contributed by atoms with Gasteiger partial charge in [0, 0.05) is 11.6 Å². The summed E-state index contributed by atoms with van der Waals surface area (Å²) in [6.45, 7) is 1.99. The third kappa shape index (κ3) is 2.91. The number of hydrogen-bond acceptors (Lipinski definition) is 3. The molecule has 4 nitrogen and oxygen atoms in total. The van der Waals surface area contributed by atoms with Gasteiger partial charge in [0.1, 0.15) is 4.90 Å². The molecule has 0 radical (unpaired) electrons. The van der Waals surface area contributed by atoms with Crippen LogP contribution >= 0.6 is 11.6 Å². The van der Waals surface area contributed by atoms with E-state index in [9.17, 15) is 8.42 Å². The molecule has 0 atom stereocenters. The molecule has 0 saturated heterocycles. The molecule has 0 aliphatic heterocycles. The predicted octanol–water partition coefficient (Wildman–Crippen LogP) is 1.57. The van der Waals surface area contributed by atoms with Crippen molar-refractivity contribution in [3.05, 3.63) is 23.2 Å². The van der Waals surface area contributed by atoms with Crippen LogP contribution in [0.3, 0.4) is 0 Å². The van der Waals surface area contributed by atoms with E-state index in [1.54, 1.807) is 6.92 Å². The number of nitrogens with two attached hydrogens (primary N) is 1. The highest BCUT2D eigenvalue weighted by Crippen LogP contribution is 2.25. The quantitative estimate of drug-likeness (QED) is 0.668. The molecule has 0 spiro atoms. The topological polar surface area (TPSA) is 63.4 Å². The molecule has 1 aromatic rings. The molecule has 92 valence electrons. The monoisotopic (exact) mass is 272 g/mol. The Morgan fingerprint density at radius 1 is 1.53 bits per heavy atom. The third-order valence-corrected chi connectivity index (χ3v) is 4.43. The van der Waals surface area contributed by atoms with E-state index in [1.807, 2.05) is 0 Å². The molecule has 0 heterocycles. The Labute approximate surface area is 106 Å². The van der Waals surface area contributed by atoms with Crippen molar-refractivity contribution in [2.24, 2.45) is 0 Å². The summed E-state index contributed by atoms with van der Waals surface area (Å²) in [5.41, 5.74) is 5.81. The Morgan fingerprint density at radius 3 is 2.71 bits per heavy atom. The van der Waals surface area contributed by atoms with Crippen molar-refractivity contribution in [1.29, 1.82) is 0 Å². The highest BCUT2D eigenvalue weighted by atomic mass is 35.5. The van der Waals surface area contributed by atoms with Crippen LogP contribution in [0.1, 0.15) is 6.92 Å². The van der Waals surface area contributed by atoms with Crippen LogP contribution in [0.15, 0.2) is 23.1 Å². The molecule has 0 saturated carbocycles. The Kier molecular flexibility index (Phi) is 4.40. The number of nitrogens with zero attached hydrogens (tertiary/aromatic N) is 1. The lowest BCUT2D eigenvalue weighted by Crippen LogP contribution is -2.31. The van der Waals surface area contributed by atoms with Crippen LogP contribution in [0.25, 0.3) is 0 Å². The standard InChI is InChI=1S/C11H13ClN2O2S/c1-3-7-14(4-2)17(15,16)11-8-9(12)5-6-10(11)13/h1,5-6,8H,4,7,13H2,2H3. The van der Waals surface area contributed by atoms with Gasteiger partial charge in [-0.15, -0.1) is 6.42 Å². The zero-order chi connectivity index (χ0) is 13.1. The molecule has 0 bridgehead atoms. The number of terminal acetylenes is 1. The summed E-state index contributed by atoms with van der Waals surface area (Å²) in [5, 5.41) is 0.314. The minimum Gasteiger partial charge on any atom is -0.398 e. The maximum atomic E-state index is 12.2. The van der Waals surface area contributed by atoms with E-state index in [1.165, 1.54) is 18.2 Å². The number of rotatable bonds is 4. The fourth-order valence-electron chi connectivity index (χ4n) is 1.34. The lowest BCUT2D eigenvalue weighted by molar-refractivity contribution is 0.464. The fourth-order valence-corrected chi connectivity index (χ4v) is 3.08. The van der Waals surface area contributed by atoms with Gasteiger partial charge in [0.2, 0.25) is 10.0 Å². The zero-order valence-corrected chi connectivity index (χ0v) is 10.9. The first-order chi connectivity index (χ1) is 7.93. The average molecular weight is 273 g/mol. The Hall–Kier alpha value is -1.22. The molecular weight excluding hydrogens is 260 g/mol. The Balaban J connectivity index is 3.30. The molecule has 6 heteroatoms. The van der Waals surface area contributed by atoms with Crippen molar-refractivity contribution >= 4 is 27.3 Å². The first-order valence-corrected chi connectivity index (χ1v) is 6.74. The molecular formula is C11H13ClN2O2S. The number of nitrogen functional groups attached to an aromatic ring is 1. The SMILES string of the molecule is C#CCN(CC)S(=O)(=O)c1cc(Cl)ccc1N. The smallest absolute Gasteiger partial charge is 0.246 e. The van der Waals surface area contributed by atoms with Crippen molar-refractivity contribution < 1.29 is 8.42 Å². The molecule has 0 amide bonds. The molecule has 0 aromatic heterocycles. The van der Waals surface area contributed by atoms with E-state index >= 15 is 0 Å². The summed E-state index contributed by atoms with van der Waals surface area (Å²) < 4.78 is 25.6. The first kappa shape index (κ1) is 13.8. The summed E-state index contributed by atoms with van der Waals surface area (Å²) in [5.74, 6) is 2.30. The summed E-state index contributed by atoms with van der Waals surface area (Å²) in [6.07, 6.45) is 5.13. The van der Waals surface area contributed by atoms with Gasteiger partial charge in [0.05, 0.1) is 12.2 Å². The number of halogens is 1. The second-order valence-electron chi connectivity index (χ2n) is 3.32. The third-order valence-electron chi connectivity index (χ3n) is 2.21. The van der Waals surface area contributed by atoms with Crippen molar-refractivity contribution in [2.75, 3.05) is 18.8 Å². The minimum atomic E-state index is -3.69. The number of benzene rings is 1. The second kappa shape index (κ2) is 5.41. The number of anilines is 1. The van der Waals surface area contributed by atoms with Gasteiger partial charge in [-0.1, -0.05) is 24.4 Å². The summed E-state index contributed by atoms with van der Waals surface area (Å²) in [6, 6.07) is 4.32. The van der Waals surface area contributed by atoms with Gasteiger partial charge in [-0.3, -0.25) is 0 Å². The molecule has 0 unspecified atom stereocenters. The first-order valence-electron chi connectivity index (χ1n) is 4.92. The van der Waals surface area contributed by atoms with Crippen molar-refractivity contribution in [1.82, 2.24) is 4.31 Å². The van der Waals surface area contributed by atoms with Crippen LogP contribution in [0, 0.1) is 12.3 Å². The lowest BCUT2D eigenvalue weighted by atomic mass is 10.3. The fraction of sp³-hybridized carbons (Fsp3) is 0.273. The summed E-state index contributed by atoms with van der Waals surface area (Å²) >= 11 is 5.77. The normalized spacial score (nSPS) is 11.4. The van der Waals surface area contributed by atoms with Crippen LogP contribution in [-0.2, 0) is 10.0 Å². The zero-order valence-electron chi connectivity index (χ0n) is 9.35. The van der Waals surface area contributed by atoms with E-state index in [0.717, 1.165) is 4.31 Å². The maximum absolute atomic E-state index is 12.2. The molecule has 1 rings (SSSR count). The van der Waals surface area contributed by atoms with Gasteiger partial charge in [0.25, 0.3) is 0 Å². The van der Waals surface area contributed by atoms with Gasteiger partial charge in [-0.05, 0) is 18.2 Å². The van der Waals surface area contributed by atoms with Gasteiger partial charge >= 0.3 is 0 Å². The van der Waals surface area contributed by atoms with E-state index in [2.05, 4.69) is 5.92 Å². The van der Waals surface area contributed by atoms with Crippen molar-refractivity contribution in [2.45, 2.75) is 11.8 Å². The van der Waals surface area contributed by atoms with Gasteiger partial charge in [-0.25, -0.2) is 8.42 Å². The average Bonchev–Trinajstić information content (AvgIpc) is 2.28. The highest BCUT2D eigenvalue weighted by Gasteiger charge is 2.24. The van der Waals surface area contributed by atoms with Crippen LogP contribution in [0.5, 0.6) is 0 Å². The predicted molar refractivity (Wildman–Crippen MR) is 69.1 cm³/mol. The largest absolute Gasteiger partial charge is 0.398 e. The molecule has 0 fully saturated rings. The van der Waals surface area contributed by atoms with Gasteiger partial charge in [0.15, 0.2) is 0 Å². The summed E-state index contributed by atoms with van der Waals surface area (Å²) in [4.78, 5) is -0.0119. The molecule has 0 aliphatic carbocycles. The molecule has 0 aliphatic rings. The van der Waals surface area contributed by atoms with E-state index in [4.69, 9.17) is 23.8 Å². The molecule has 2 N–H and O–H groups in total. The van der Waals surface area contributed by atoms with Crippen LogP contribution in [0.4, 0.5) is 5.69 Å². The van der Waals surface area contributed by atoms with Crippen LogP contribution in [0.2, 0.25) is 5.02 Å². The van der Waals surface area contributed by atoms with Gasteiger partial charge in [-0.2, -0.15) is 4.31 Å². The Bertz CT molecular complexity index is 549. The van der Waals surface area contributed by atoms with Gasteiger partial charge < -0.3 is 5.73 Å². The molecule has 17 heavy (non-hydrogen) atoms. The number of hydrogen-bond donors (Lipinski definition) is 1. The van der Waals surface area contributed by atoms with E-state index in [-0.39, 0.29) is 23.7 Å². The summed E-state index contributed by atoms with van der Waals surface area (Å²) in [7, 11) is -3.69. The Morgan fingerprint density at radius 2 is 2.18 bits per heavy atom. The van der Waals surface area contributed by atoms with Crippen LogP contribution in [-0.4, -0.2) is 25.8 Å².